The molecule has 0 atom stereocenters. The fourth-order valence-electron chi connectivity index (χ4n) is 4.20. The van der Waals surface area contributed by atoms with Crippen molar-refractivity contribution in [1.82, 2.24) is 0 Å². The Labute approximate surface area is 157 Å². The molecule has 0 N–H and O–H groups in total. The molecular formula is C26H26. The molecule has 3 aromatic carbocycles. The van der Waals surface area contributed by atoms with Crippen molar-refractivity contribution in [3.05, 3.63) is 120 Å². The van der Waals surface area contributed by atoms with Crippen molar-refractivity contribution in [1.29, 1.82) is 0 Å². The Hall–Kier alpha value is -2.86. The Morgan fingerprint density at radius 1 is 0.731 bits per heavy atom. The summed E-state index contributed by atoms with van der Waals surface area (Å²) in [5.74, 6) is 0. The number of hydrogen-bond donors (Lipinski definition) is 0. The molecule has 0 saturated carbocycles. The maximum Gasteiger partial charge on any atom is 0.0710 e. The van der Waals surface area contributed by atoms with Gasteiger partial charge in [0.05, 0.1) is 5.41 Å². The number of benzene rings is 3. The van der Waals surface area contributed by atoms with Gasteiger partial charge in [0.15, 0.2) is 0 Å². The van der Waals surface area contributed by atoms with E-state index in [2.05, 4.69) is 98.4 Å². The van der Waals surface area contributed by atoms with E-state index in [4.69, 9.17) is 0 Å². The lowest BCUT2D eigenvalue weighted by atomic mass is 9.67. The zero-order chi connectivity index (χ0) is 18.6. The molecule has 0 unspecified atom stereocenters. The molecule has 0 fully saturated rings. The van der Waals surface area contributed by atoms with Crippen LogP contribution in [0.4, 0.5) is 0 Å². The van der Waals surface area contributed by atoms with Crippen molar-refractivity contribution in [3.63, 3.8) is 0 Å². The quantitative estimate of drug-likeness (QED) is 0.444. The van der Waals surface area contributed by atoms with Crippen molar-refractivity contribution in [2.75, 3.05) is 0 Å². The van der Waals surface area contributed by atoms with Gasteiger partial charge in [0.25, 0.3) is 0 Å². The Balaban J connectivity index is 0.000000948. The first-order valence-corrected chi connectivity index (χ1v) is 9.38. The Morgan fingerprint density at radius 3 is 1.65 bits per heavy atom. The molecular weight excluding hydrogens is 312 g/mol. The average Bonchev–Trinajstić information content (AvgIpc) is 3.03. The summed E-state index contributed by atoms with van der Waals surface area (Å²) in [6, 6.07) is 28.3. The maximum atomic E-state index is 4.12. The van der Waals surface area contributed by atoms with Crippen molar-refractivity contribution >= 4 is 0 Å². The van der Waals surface area contributed by atoms with E-state index < -0.39 is 0 Å². The van der Waals surface area contributed by atoms with Gasteiger partial charge in [-0.05, 0) is 40.3 Å². The summed E-state index contributed by atoms with van der Waals surface area (Å²) >= 11 is 0. The third-order valence-corrected chi connectivity index (χ3v) is 5.12. The van der Waals surface area contributed by atoms with Gasteiger partial charge in [0.1, 0.15) is 0 Å². The van der Waals surface area contributed by atoms with Crippen molar-refractivity contribution in [2.45, 2.75) is 26.2 Å². The van der Waals surface area contributed by atoms with E-state index in [-0.39, 0.29) is 5.41 Å². The zero-order valence-corrected chi connectivity index (χ0v) is 15.9. The second-order valence-electron chi connectivity index (χ2n) is 6.16. The minimum Gasteiger partial charge on any atom is -0.0987 e. The highest BCUT2D eigenvalue weighted by Gasteiger charge is 2.45. The Morgan fingerprint density at radius 2 is 1.19 bits per heavy atom. The SMILES string of the molecule is C=C/C(=C\C)C1(c2ccccc2)c2ccccc2-c2ccccc21.CC. The average molecular weight is 338 g/mol. The van der Waals surface area contributed by atoms with Gasteiger partial charge < -0.3 is 0 Å². The lowest BCUT2D eigenvalue weighted by Crippen LogP contribution is -2.28. The molecule has 130 valence electrons. The fourth-order valence-corrected chi connectivity index (χ4v) is 4.20. The number of rotatable bonds is 3. The smallest absolute Gasteiger partial charge is 0.0710 e. The summed E-state index contributed by atoms with van der Waals surface area (Å²) in [7, 11) is 0. The molecule has 0 heteroatoms. The second-order valence-corrected chi connectivity index (χ2v) is 6.16. The molecule has 0 heterocycles. The molecule has 1 aliphatic rings. The summed E-state index contributed by atoms with van der Waals surface area (Å²) in [6.07, 6.45) is 4.20. The summed E-state index contributed by atoms with van der Waals surface area (Å²) in [5, 5.41) is 0. The topological polar surface area (TPSA) is 0 Å². The summed E-state index contributed by atoms with van der Waals surface area (Å²) in [6.45, 7) is 10.2. The van der Waals surface area contributed by atoms with E-state index in [0.717, 1.165) is 0 Å². The van der Waals surface area contributed by atoms with Crippen LogP contribution >= 0.6 is 0 Å². The molecule has 4 rings (SSSR count). The van der Waals surface area contributed by atoms with E-state index in [1.165, 1.54) is 33.4 Å². The number of fused-ring (bicyclic) bond motifs is 3. The van der Waals surface area contributed by atoms with Crippen molar-refractivity contribution in [3.8, 4) is 11.1 Å². The van der Waals surface area contributed by atoms with Crippen LogP contribution in [0.2, 0.25) is 0 Å². The first-order valence-electron chi connectivity index (χ1n) is 9.38. The van der Waals surface area contributed by atoms with Crippen molar-refractivity contribution < 1.29 is 0 Å². The van der Waals surface area contributed by atoms with Gasteiger partial charge in [0.2, 0.25) is 0 Å². The molecule has 0 amide bonds. The molecule has 3 aromatic rings. The van der Waals surface area contributed by atoms with Crippen molar-refractivity contribution in [2.24, 2.45) is 0 Å². The summed E-state index contributed by atoms with van der Waals surface area (Å²) in [5.41, 5.74) is 7.54. The van der Waals surface area contributed by atoms with Crippen LogP contribution in [0.1, 0.15) is 37.5 Å². The number of allylic oxidation sites excluding steroid dienone is 3. The van der Waals surface area contributed by atoms with Crippen LogP contribution in [0.25, 0.3) is 11.1 Å². The summed E-state index contributed by atoms with van der Waals surface area (Å²) < 4.78 is 0. The highest BCUT2D eigenvalue weighted by atomic mass is 14.5. The minimum absolute atomic E-state index is 0.287. The standard InChI is InChI=1S/C24H20.C2H6/c1-3-18(4-2)24(19-12-6-5-7-13-19)22-16-10-8-14-20(22)21-15-9-11-17-23(21)24;1-2/h3-17H,1H2,2H3;1-2H3/b18-4+;. The Kier molecular flexibility index (Phi) is 5.23. The predicted octanol–water partition coefficient (Wildman–Crippen LogP) is 7.16. The molecule has 0 bridgehead atoms. The Bertz CT molecular complexity index is 884. The highest BCUT2D eigenvalue weighted by Crippen LogP contribution is 2.56. The van der Waals surface area contributed by atoms with Crippen LogP contribution in [0.5, 0.6) is 0 Å². The molecule has 0 aromatic heterocycles. The van der Waals surface area contributed by atoms with Gasteiger partial charge in [-0.1, -0.05) is 111 Å². The van der Waals surface area contributed by atoms with Crippen LogP contribution in [0.15, 0.2) is 103 Å². The molecule has 0 aliphatic heterocycles. The van der Waals surface area contributed by atoms with E-state index in [1.807, 2.05) is 19.9 Å². The van der Waals surface area contributed by atoms with Gasteiger partial charge in [0, 0.05) is 0 Å². The fraction of sp³-hybridized carbons (Fsp3) is 0.154. The van der Waals surface area contributed by atoms with Crippen LogP contribution in [0, 0.1) is 0 Å². The van der Waals surface area contributed by atoms with E-state index in [0.29, 0.717) is 0 Å². The lowest BCUT2D eigenvalue weighted by molar-refractivity contribution is 0.765. The first kappa shape index (κ1) is 17.9. The largest absolute Gasteiger partial charge is 0.0987 e. The van der Waals surface area contributed by atoms with E-state index in [1.54, 1.807) is 0 Å². The highest BCUT2D eigenvalue weighted by molar-refractivity contribution is 5.86. The van der Waals surface area contributed by atoms with Crippen LogP contribution in [0.3, 0.4) is 0 Å². The third kappa shape index (κ3) is 2.45. The number of hydrogen-bond acceptors (Lipinski definition) is 0. The van der Waals surface area contributed by atoms with E-state index >= 15 is 0 Å². The minimum atomic E-state index is -0.287. The molecule has 0 saturated heterocycles. The van der Waals surface area contributed by atoms with Crippen LogP contribution in [-0.2, 0) is 5.41 Å². The van der Waals surface area contributed by atoms with Gasteiger partial charge in [-0.25, -0.2) is 0 Å². The molecule has 0 radical (unpaired) electrons. The van der Waals surface area contributed by atoms with Gasteiger partial charge in [-0.15, -0.1) is 0 Å². The first-order chi connectivity index (χ1) is 12.8. The lowest BCUT2D eigenvalue weighted by Gasteiger charge is -2.34. The zero-order valence-electron chi connectivity index (χ0n) is 15.9. The van der Waals surface area contributed by atoms with Crippen LogP contribution in [-0.4, -0.2) is 0 Å². The second kappa shape index (κ2) is 7.58. The van der Waals surface area contributed by atoms with Gasteiger partial charge in [-0.2, -0.15) is 0 Å². The molecule has 0 spiro atoms. The summed E-state index contributed by atoms with van der Waals surface area (Å²) in [4.78, 5) is 0. The monoisotopic (exact) mass is 338 g/mol. The molecule has 26 heavy (non-hydrogen) atoms. The van der Waals surface area contributed by atoms with Gasteiger partial charge in [-0.3, -0.25) is 0 Å². The van der Waals surface area contributed by atoms with Crippen LogP contribution < -0.4 is 0 Å². The molecule has 0 nitrogen and oxygen atoms in total. The maximum absolute atomic E-state index is 4.12. The van der Waals surface area contributed by atoms with E-state index in [9.17, 15) is 0 Å². The normalized spacial score (nSPS) is 13.9. The predicted molar refractivity (Wildman–Crippen MR) is 114 cm³/mol. The third-order valence-electron chi connectivity index (χ3n) is 5.12. The van der Waals surface area contributed by atoms with Gasteiger partial charge >= 0.3 is 0 Å². The molecule has 1 aliphatic carbocycles.